The molecule has 2 fully saturated rings. The Labute approximate surface area is 268 Å². The molecule has 4 rings (SSSR count). The number of ether oxygens (including phenoxy) is 4. The molecule has 14 nitrogen and oxygen atoms in total. The lowest BCUT2D eigenvalue weighted by molar-refractivity contribution is -0.164. The van der Waals surface area contributed by atoms with Crippen molar-refractivity contribution < 1.29 is 38.4 Å². The van der Waals surface area contributed by atoms with Gasteiger partial charge < -0.3 is 35.1 Å². The molecular formula is C32H46N6O8. The minimum absolute atomic E-state index is 0.110. The molecule has 4 N–H and O–H groups in total. The molecule has 1 amide bonds. The van der Waals surface area contributed by atoms with E-state index in [1.807, 2.05) is 6.07 Å². The number of nitrogens with two attached hydrogens (primary N) is 1. The monoisotopic (exact) mass is 642 g/mol. The molecule has 2 aliphatic rings. The molecule has 5 atom stereocenters. The molecule has 2 aromatic heterocycles. The number of carbonyl (C=O) groups excluding carboxylic acids is 3. The van der Waals surface area contributed by atoms with Gasteiger partial charge in [0.2, 0.25) is 5.60 Å². The van der Waals surface area contributed by atoms with Crippen molar-refractivity contribution in [3.05, 3.63) is 24.2 Å². The van der Waals surface area contributed by atoms with Crippen molar-refractivity contribution >= 4 is 29.4 Å². The summed E-state index contributed by atoms with van der Waals surface area (Å²) >= 11 is 0. The number of carbonyl (C=O) groups is 3. The first-order valence-electron chi connectivity index (χ1n) is 15.8. The summed E-state index contributed by atoms with van der Waals surface area (Å²) in [6.45, 7) is 9.84. The van der Waals surface area contributed by atoms with Crippen LogP contribution in [0.2, 0.25) is 0 Å². The summed E-state index contributed by atoms with van der Waals surface area (Å²) < 4.78 is 24.3. The van der Waals surface area contributed by atoms with E-state index >= 15 is 0 Å². The number of aliphatic hydroxyl groups is 1. The van der Waals surface area contributed by atoms with Gasteiger partial charge in [-0.25, -0.2) is 19.1 Å². The van der Waals surface area contributed by atoms with Gasteiger partial charge in [0.15, 0.2) is 11.9 Å². The minimum Gasteiger partial charge on any atom is -0.463 e. The topological polar surface area (TPSA) is 200 Å². The van der Waals surface area contributed by atoms with E-state index < -0.39 is 65.6 Å². The van der Waals surface area contributed by atoms with Crippen LogP contribution in [0.15, 0.2) is 18.5 Å². The van der Waals surface area contributed by atoms with Crippen LogP contribution in [-0.2, 0) is 34.1 Å². The molecule has 0 bridgehead atoms. The predicted molar refractivity (Wildman–Crippen MR) is 165 cm³/mol. The van der Waals surface area contributed by atoms with Crippen molar-refractivity contribution in [2.24, 2.45) is 11.3 Å². The van der Waals surface area contributed by atoms with E-state index in [1.165, 1.54) is 16.9 Å². The summed E-state index contributed by atoms with van der Waals surface area (Å²) in [7, 11) is 0. The second-order valence-corrected chi connectivity index (χ2v) is 14.2. The van der Waals surface area contributed by atoms with Crippen molar-refractivity contribution in [3.8, 4) is 6.07 Å². The SMILES string of the molecule is CC(C)(C)OC(=O)N[C@H](C(=O)O[C@H]1[C@@H](O)[C@](C#N)(c2ccc3c(N)ncnn23)O[C@@H]1COC(=O)CC1CCCCCC1)C(C)(C)C. The largest absolute Gasteiger partial charge is 0.463 e. The van der Waals surface area contributed by atoms with Gasteiger partial charge in [-0.1, -0.05) is 46.5 Å². The van der Waals surface area contributed by atoms with Gasteiger partial charge in [0.05, 0.1) is 5.69 Å². The highest BCUT2D eigenvalue weighted by Gasteiger charge is 2.60. The molecule has 0 spiro atoms. The van der Waals surface area contributed by atoms with Crippen molar-refractivity contribution in [1.29, 1.82) is 5.26 Å². The third kappa shape index (κ3) is 7.87. The number of nitrogens with zero attached hydrogens (tertiary/aromatic N) is 4. The van der Waals surface area contributed by atoms with Crippen molar-refractivity contribution in [3.63, 3.8) is 0 Å². The zero-order valence-corrected chi connectivity index (χ0v) is 27.4. The number of alkyl carbamates (subject to hydrolysis) is 1. The van der Waals surface area contributed by atoms with Crippen LogP contribution >= 0.6 is 0 Å². The molecule has 1 aliphatic carbocycles. The van der Waals surface area contributed by atoms with Gasteiger partial charge in [-0.15, -0.1) is 0 Å². The van der Waals surface area contributed by atoms with E-state index in [9.17, 15) is 24.8 Å². The molecule has 0 aromatic carbocycles. The van der Waals surface area contributed by atoms with Gasteiger partial charge >= 0.3 is 18.0 Å². The van der Waals surface area contributed by atoms with Gasteiger partial charge in [-0.05, 0) is 57.1 Å². The van der Waals surface area contributed by atoms with E-state index in [0.29, 0.717) is 5.52 Å². The highest BCUT2D eigenvalue weighted by atomic mass is 16.6. The number of esters is 2. The number of rotatable bonds is 8. The highest BCUT2D eigenvalue weighted by molar-refractivity contribution is 5.82. The van der Waals surface area contributed by atoms with Crippen LogP contribution in [-0.4, -0.2) is 74.3 Å². The van der Waals surface area contributed by atoms with Gasteiger partial charge in [0, 0.05) is 6.42 Å². The van der Waals surface area contributed by atoms with Crippen molar-refractivity contribution in [2.45, 2.75) is 122 Å². The van der Waals surface area contributed by atoms with Gasteiger partial charge in [-0.3, -0.25) is 4.79 Å². The van der Waals surface area contributed by atoms with Crippen LogP contribution in [0.1, 0.15) is 92.2 Å². The third-order valence-corrected chi connectivity index (χ3v) is 8.31. The van der Waals surface area contributed by atoms with Crippen LogP contribution in [0.25, 0.3) is 5.52 Å². The summed E-state index contributed by atoms with van der Waals surface area (Å²) in [6.07, 6.45) is 2.40. The average molecular weight is 643 g/mol. The standard InChI is InChI=1S/C32H46N6O8/c1-30(2,3)25(37-29(42)46-31(4,5)6)28(41)44-24-21(16-43-23(39)15-19-11-9-7-8-10-12-19)45-32(17-33,26(24)40)22-14-13-20-27(34)35-18-36-38(20)22/h13-14,18-19,21,24-26,40H,7-12,15-16H2,1-6H3,(H,37,42)(H2,34,35,36)/t21-,24-,25-,26-,32+/m1/s1. The maximum atomic E-state index is 13.7. The van der Waals surface area contributed by atoms with Crippen molar-refractivity contribution in [2.75, 3.05) is 12.3 Å². The van der Waals surface area contributed by atoms with Crippen LogP contribution in [0, 0.1) is 22.7 Å². The summed E-state index contributed by atoms with van der Waals surface area (Å²) in [5.74, 6) is -1.01. The second-order valence-electron chi connectivity index (χ2n) is 14.2. The summed E-state index contributed by atoms with van der Waals surface area (Å²) in [4.78, 5) is 43.3. The molecule has 2 aromatic rings. The number of hydrogen-bond acceptors (Lipinski definition) is 12. The molecule has 1 saturated carbocycles. The molecule has 3 heterocycles. The van der Waals surface area contributed by atoms with E-state index in [2.05, 4.69) is 15.4 Å². The van der Waals surface area contributed by atoms with Crippen LogP contribution in [0.4, 0.5) is 10.6 Å². The fourth-order valence-electron chi connectivity index (χ4n) is 5.97. The molecule has 1 saturated heterocycles. The Balaban J connectivity index is 1.62. The molecule has 1 aliphatic heterocycles. The van der Waals surface area contributed by atoms with Crippen molar-refractivity contribution in [1.82, 2.24) is 19.9 Å². The Hall–Kier alpha value is -3.96. The number of nitriles is 1. The Morgan fingerprint density at radius 2 is 1.85 bits per heavy atom. The molecule has 252 valence electrons. The van der Waals surface area contributed by atoms with Crippen LogP contribution in [0.5, 0.6) is 0 Å². The lowest BCUT2D eigenvalue weighted by Gasteiger charge is -2.32. The third-order valence-electron chi connectivity index (χ3n) is 8.31. The smallest absolute Gasteiger partial charge is 0.408 e. The maximum absolute atomic E-state index is 13.7. The number of aliphatic hydroxyl groups excluding tert-OH is 1. The quantitative estimate of drug-likeness (QED) is 0.215. The van der Waals surface area contributed by atoms with E-state index in [0.717, 1.165) is 38.5 Å². The fraction of sp³-hybridized carbons (Fsp3) is 0.688. The van der Waals surface area contributed by atoms with Crippen LogP contribution < -0.4 is 11.1 Å². The summed E-state index contributed by atoms with van der Waals surface area (Å²) in [6, 6.07) is 3.90. The van der Waals surface area contributed by atoms with E-state index in [1.54, 1.807) is 47.6 Å². The Bertz CT molecular complexity index is 1450. The van der Waals surface area contributed by atoms with Gasteiger partial charge in [0.25, 0.3) is 0 Å². The number of fused-ring (bicyclic) bond motifs is 1. The summed E-state index contributed by atoms with van der Waals surface area (Å²) in [5, 5.41) is 29.0. The number of anilines is 1. The van der Waals surface area contributed by atoms with Crippen LogP contribution in [0.3, 0.4) is 0 Å². The normalized spacial score (nSPS) is 24.9. The highest BCUT2D eigenvalue weighted by Crippen LogP contribution is 2.42. The fourth-order valence-corrected chi connectivity index (χ4v) is 5.97. The summed E-state index contributed by atoms with van der Waals surface area (Å²) in [5.41, 5.74) is 2.70. The lowest BCUT2D eigenvalue weighted by atomic mass is 9.86. The number of nitrogen functional groups attached to an aromatic ring is 1. The number of hydrogen-bond donors (Lipinski definition) is 3. The number of nitrogens with one attached hydrogen (secondary N) is 1. The predicted octanol–water partition coefficient (Wildman–Crippen LogP) is 3.54. The second kappa shape index (κ2) is 13.8. The first kappa shape index (κ1) is 34.9. The van der Waals surface area contributed by atoms with E-state index in [-0.39, 0.29) is 23.9 Å². The number of aromatic nitrogens is 3. The molecule has 0 unspecified atom stereocenters. The van der Waals surface area contributed by atoms with Gasteiger partial charge in [0.1, 0.15) is 48.4 Å². The minimum atomic E-state index is -2.10. The first-order chi connectivity index (χ1) is 21.6. The maximum Gasteiger partial charge on any atom is 0.408 e. The molecule has 0 radical (unpaired) electrons. The van der Waals surface area contributed by atoms with Gasteiger partial charge in [-0.2, -0.15) is 10.4 Å². The van der Waals surface area contributed by atoms with E-state index in [4.69, 9.17) is 24.7 Å². The Morgan fingerprint density at radius 3 is 2.46 bits per heavy atom. The Morgan fingerprint density at radius 1 is 1.17 bits per heavy atom. The Kier molecular flexibility index (Phi) is 10.5. The zero-order chi connectivity index (χ0) is 33.9. The number of amides is 1. The first-order valence-corrected chi connectivity index (χ1v) is 15.8. The molecule has 46 heavy (non-hydrogen) atoms. The molecule has 14 heteroatoms. The average Bonchev–Trinajstić information content (AvgIpc) is 3.39. The lowest BCUT2D eigenvalue weighted by Crippen LogP contribution is -2.53. The molecular weight excluding hydrogens is 596 g/mol. The zero-order valence-electron chi connectivity index (χ0n) is 27.4.